The van der Waals surface area contributed by atoms with Crippen molar-refractivity contribution in [3.8, 4) is 22.9 Å². The van der Waals surface area contributed by atoms with Crippen LogP contribution in [0.3, 0.4) is 0 Å². The van der Waals surface area contributed by atoms with Crippen LogP contribution in [0.1, 0.15) is 110 Å². The highest BCUT2D eigenvalue weighted by atomic mass is 19.4. The van der Waals surface area contributed by atoms with Crippen molar-refractivity contribution in [3.05, 3.63) is 172 Å². The highest BCUT2D eigenvalue weighted by molar-refractivity contribution is 6.12. The molecule has 80 heavy (non-hydrogen) atoms. The minimum absolute atomic E-state index is 0.0194. The van der Waals surface area contributed by atoms with Gasteiger partial charge < -0.3 is 20.1 Å². The van der Waals surface area contributed by atoms with E-state index in [-0.39, 0.29) is 46.4 Å². The number of ketones is 3. The molecule has 0 unspecified atom stereocenters. The van der Waals surface area contributed by atoms with Crippen LogP contribution < -0.4 is 20.1 Å². The van der Waals surface area contributed by atoms with Gasteiger partial charge in [0.15, 0.2) is 40.5 Å². The lowest BCUT2D eigenvalue weighted by Crippen LogP contribution is -2.15. The molecule has 2 saturated carbocycles. The number of fused-ring (bicyclic) bond motifs is 2. The van der Waals surface area contributed by atoms with E-state index in [1.54, 1.807) is 41.2 Å². The molecule has 11 nitrogen and oxygen atoms in total. The van der Waals surface area contributed by atoms with Gasteiger partial charge >= 0.3 is 12.4 Å². The van der Waals surface area contributed by atoms with Crippen molar-refractivity contribution in [1.82, 2.24) is 19.1 Å². The summed E-state index contributed by atoms with van der Waals surface area (Å²) < 4.78 is 119. The van der Waals surface area contributed by atoms with Gasteiger partial charge in [-0.3, -0.25) is 23.5 Å². The number of rotatable bonds is 20. The summed E-state index contributed by atoms with van der Waals surface area (Å²) in [6.07, 6.45) is -2.23. The molecule has 19 heteroatoms. The summed E-state index contributed by atoms with van der Waals surface area (Å²) in [5.41, 5.74) is 8.71. The Hall–Kier alpha value is -8.35. The topological polar surface area (TPSA) is 129 Å². The van der Waals surface area contributed by atoms with E-state index in [1.807, 2.05) is 48.7 Å². The minimum atomic E-state index is -4.37. The van der Waals surface area contributed by atoms with Crippen LogP contribution in [0, 0.1) is 37.3 Å². The maximum Gasteiger partial charge on any atom is 0.390 e. The average molecular weight is 1110 g/mol. The summed E-state index contributed by atoms with van der Waals surface area (Å²) in [6, 6.07) is 25.7. The Balaban J connectivity index is 0.000000194. The third-order valence-corrected chi connectivity index (χ3v) is 14.2. The number of alkyl halides is 6. The number of nitrogens with zero attached hydrogens (tertiary/aromatic N) is 4. The van der Waals surface area contributed by atoms with Crippen LogP contribution in [-0.4, -0.2) is 76.1 Å². The van der Waals surface area contributed by atoms with Crippen molar-refractivity contribution in [1.29, 1.82) is 0 Å². The number of anilines is 2. The zero-order valence-corrected chi connectivity index (χ0v) is 44.2. The van der Waals surface area contributed by atoms with Gasteiger partial charge in [-0.25, -0.2) is 18.7 Å². The van der Waals surface area contributed by atoms with Gasteiger partial charge in [0.05, 0.1) is 49.5 Å². The van der Waals surface area contributed by atoms with E-state index in [9.17, 15) is 49.5 Å². The van der Waals surface area contributed by atoms with Crippen LogP contribution in [0.2, 0.25) is 0 Å². The number of methoxy groups -OCH3 is 2. The monoisotopic (exact) mass is 1100 g/mol. The third-order valence-electron chi connectivity index (χ3n) is 14.2. The molecule has 416 valence electrons. The van der Waals surface area contributed by atoms with Crippen LogP contribution in [0.4, 0.5) is 46.5 Å². The lowest BCUT2D eigenvalue weighted by molar-refractivity contribution is -0.132. The summed E-state index contributed by atoms with van der Waals surface area (Å²) in [7, 11) is 2.68. The first-order valence-electron chi connectivity index (χ1n) is 25.9. The van der Waals surface area contributed by atoms with Crippen LogP contribution in [0.5, 0.6) is 11.5 Å². The molecule has 2 aromatic heterocycles. The number of aryl methyl sites for hydroxylation is 2. The molecule has 2 aliphatic rings. The summed E-state index contributed by atoms with van der Waals surface area (Å²) in [6.45, 7) is 7.11. The predicted molar refractivity (Wildman–Crippen MR) is 291 cm³/mol. The van der Waals surface area contributed by atoms with E-state index >= 15 is 0 Å². The summed E-state index contributed by atoms with van der Waals surface area (Å²) in [4.78, 5) is 47.7. The quantitative estimate of drug-likeness (QED) is 0.0566. The number of hydrogen-bond acceptors (Lipinski definition) is 9. The molecule has 8 aromatic rings. The standard InChI is InChI=1S/C31H29F4N3O2.C30H27F4N3O3/c1-18-12-23(7-8-24(18)28(39)13-20-4-5-20)38-17-37-30-26(36-11-10-31(33,34)35)15-22(16-27(30)38)19(2)21-6-9-29(40-3)25(32)14-21;1-17-11-21(6-7-22(17)26(38)12-18-3-4-18)37-16-36-28-24(35-10-9-30(32,33)34)14-20(15-25(28)37)29(39)19-5-8-27(40-2)23(31)13-19/h6-9,12,14-17,20,36H,2,4-5,10-11,13H2,1,3H3;5-8,11,13-16,18,35H,3-4,9-10,12H2,1-2H3. The number of halogens is 8. The fourth-order valence-electron chi connectivity index (χ4n) is 9.50. The molecular formula is C61H56F8N6O5. The Labute approximate surface area is 455 Å². The molecule has 2 fully saturated rings. The second-order valence-electron chi connectivity index (χ2n) is 20.2. The number of hydrogen-bond donors (Lipinski definition) is 2. The largest absolute Gasteiger partial charge is 0.494 e. The predicted octanol–water partition coefficient (Wildman–Crippen LogP) is 14.9. The smallest absolute Gasteiger partial charge is 0.390 e. The second-order valence-corrected chi connectivity index (χ2v) is 20.2. The van der Waals surface area contributed by atoms with Crippen molar-refractivity contribution in [2.24, 2.45) is 11.8 Å². The fraction of sp³-hybridized carbons (Fsp3) is 0.295. The Morgan fingerprint density at radius 2 is 1.00 bits per heavy atom. The van der Waals surface area contributed by atoms with Crippen LogP contribution in [0.15, 0.2) is 116 Å². The Morgan fingerprint density at radius 1 is 0.575 bits per heavy atom. The van der Waals surface area contributed by atoms with Gasteiger partial charge in [-0.15, -0.1) is 0 Å². The number of Topliss-reactive ketones (excluding diaryl/α,β-unsaturated/α-hetero) is 2. The fourth-order valence-corrected chi connectivity index (χ4v) is 9.50. The molecule has 2 aliphatic carbocycles. The second kappa shape index (κ2) is 23.2. The molecular weight excluding hydrogens is 1050 g/mol. The van der Waals surface area contributed by atoms with Gasteiger partial charge in [0.1, 0.15) is 23.7 Å². The zero-order chi connectivity index (χ0) is 57.2. The number of ether oxygens (including phenoxy) is 2. The molecule has 2 heterocycles. The Bertz CT molecular complexity index is 3450. The number of imidazole rings is 2. The van der Waals surface area contributed by atoms with E-state index in [2.05, 4.69) is 27.2 Å². The molecule has 0 bridgehead atoms. The van der Waals surface area contributed by atoms with Gasteiger partial charge in [-0.2, -0.15) is 26.3 Å². The van der Waals surface area contributed by atoms with Gasteiger partial charge in [0.25, 0.3) is 0 Å². The van der Waals surface area contributed by atoms with Crippen molar-refractivity contribution < 1.29 is 59.0 Å². The first-order valence-corrected chi connectivity index (χ1v) is 25.9. The molecule has 2 N–H and O–H groups in total. The van der Waals surface area contributed by atoms with Crippen molar-refractivity contribution >= 4 is 56.4 Å². The van der Waals surface area contributed by atoms with Crippen LogP contribution in [-0.2, 0) is 0 Å². The molecule has 0 amide bonds. The van der Waals surface area contributed by atoms with Crippen molar-refractivity contribution in [3.63, 3.8) is 0 Å². The average Bonchev–Trinajstić information content (AvgIpc) is 4.33. The molecule has 0 saturated heterocycles. The van der Waals surface area contributed by atoms with Gasteiger partial charge in [-0.1, -0.05) is 12.6 Å². The van der Waals surface area contributed by atoms with E-state index in [0.29, 0.717) is 85.9 Å². The van der Waals surface area contributed by atoms with E-state index in [0.717, 1.165) is 48.6 Å². The maximum absolute atomic E-state index is 14.5. The molecule has 0 aliphatic heterocycles. The lowest BCUT2D eigenvalue weighted by atomic mass is 9.98. The summed E-state index contributed by atoms with van der Waals surface area (Å²) in [5, 5.41) is 5.63. The van der Waals surface area contributed by atoms with Crippen molar-refractivity contribution in [2.75, 3.05) is 37.9 Å². The first-order chi connectivity index (χ1) is 38.1. The normalized spacial score (nSPS) is 13.4. The third kappa shape index (κ3) is 13.2. The van der Waals surface area contributed by atoms with Gasteiger partial charge in [-0.05, 0) is 170 Å². The Morgan fingerprint density at radius 3 is 1.41 bits per heavy atom. The maximum atomic E-state index is 14.5. The summed E-state index contributed by atoms with van der Waals surface area (Å²) in [5.74, 6) is -0.547. The van der Waals surface area contributed by atoms with Crippen LogP contribution >= 0.6 is 0 Å². The molecule has 0 atom stereocenters. The van der Waals surface area contributed by atoms with E-state index in [4.69, 9.17) is 9.47 Å². The van der Waals surface area contributed by atoms with Gasteiger partial charge in [0.2, 0.25) is 0 Å². The van der Waals surface area contributed by atoms with Crippen molar-refractivity contribution in [2.45, 2.75) is 77.6 Å². The number of aromatic nitrogens is 4. The minimum Gasteiger partial charge on any atom is -0.494 e. The number of benzene rings is 6. The zero-order valence-electron chi connectivity index (χ0n) is 44.2. The van der Waals surface area contributed by atoms with Gasteiger partial charge in [0, 0.05) is 59.6 Å². The van der Waals surface area contributed by atoms with E-state index in [1.165, 1.54) is 50.9 Å². The summed E-state index contributed by atoms with van der Waals surface area (Å²) >= 11 is 0. The highest BCUT2D eigenvalue weighted by Gasteiger charge is 2.30. The van der Waals surface area contributed by atoms with Crippen LogP contribution in [0.25, 0.3) is 39.0 Å². The molecule has 10 rings (SSSR count). The Kier molecular flexibility index (Phi) is 16.3. The highest BCUT2D eigenvalue weighted by Crippen LogP contribution is 2.38. The molecule has 0 radical (unpaired) electrons. The number of carbonyl (C=O) groups is 3. The number of carbonyl (C=O) groups excluding carboxylic acids is 3. The first kappa shape index (κ1) is 56.4. The molecule has 6 aromatic carbocycles. The lowest BCUT2D eigenvalue weighted by Gasteiger charge is -2.15. The SMILES string of the molecule is C=C(c1ccc(OC)c(F)c1)c1cc(NCCC(F)(F)F)c2ncn(-c3ccc(C(=O)CC4CC4)c(C)c3)c2c1.COc1ccc(C(=O)c2cc(NCCC(F)(F)F)c3ncn(-c4ccc(C(=O)CC5CC5)c(C)c4)c3c2)cc1F. The van der Waals surface area contributed by atoms with E-state index < -0.39 is 49.2 Å². The molecule has 0 spiro atoms. The number of nitrogens with one attached hydrogen (secondary N) is 2.